The van der Waals surface area contributed by atoms with Gasteiger partial charge in [-0.15, -0.1) is 5.10 Å². The summed E-state index contributed by atoms with van der Waals surface area (Å²) in [7, 11) is 0. The van der Waals surface area contributed by atoms with E-state index in [-0.39, 0.29) is 24.3 Å². The number of halogens is 2. The van der Waals surface area contributed by atoms with Gasteiger partial charge in [0.1, 0.15) is 5.82 Å². The van der Waals surface area contributed by atoms with Gasteiger partial charge in [-0.1, -0.05) is 11.6 Å². The lowest BCUT2D eigenvalue weighted by Gasteiger charge is -2.27. The number of hydrogen-bond donors (Lipinski definition) is 0. The minimum atomic E-state index is -0.804. The number of amides is 2. The van der Waals surface area contributed by atoms with Crippen LogP contribution in [-0.2, 0) is 14.3 Å². The Morgan fingerprint density at radius 1 is 1.15 bits per heavy atom. The maximum atomic E-state index is 13.2. The van der Waals surface area contributed by atoms with Crippen LogP contribution in [0.15, 0.2) is 53.6 Å². The van der Waals surface area contributed by atoms with Crippen molar-refractivity contribution in [3.63, 3.8) is 0 Å². The molecule has 2 aromatic rings. The summed E-state index contributed by atoms with van der Waals surface area (Å²) < 4.78 is 19.0. The van der Waals surface area contributed by atoms with E-state index in [4.69, 9.17) is 16.3 Å². The zero-order valence-electron chi connectivity index (χ0n) is 14.7. The molecule has 1 heterocycles. The van der Waals surface area contributed by atoms with E-state index in [0.717, 1.165) is 0 Å². The first-order valence-electron chi connectivity index (χ1n) is 8.20. The van der Waals surface area contributed by atoms with E-state index in [1.807, 2.05) is 0 Å². The van der Waals surface area contributed by atoms with Gasteiger partial charge < -0.3 is 9.64 Å². The molecule has 3 rings (SSSR count). The summed E-state index contributed by atoms with van der Waals surface area (Å²) in [6, 6.07) is 12.3. The molecule has 0 saturated carbocycles. The average Bonchev–Trinajstić information content (AvgIpc) is 3.05. The summed E-state index contributed by atoms with van der Waals surface area (Å²) in [6.07, 6.45) is -0.804. The second-order valence-corrected chi connectivity index (χ2v) is 6.39. The predicted molar refractivity (Wildman–Crippen MR) is 99.8 cm³/mol. The van der Waals surface area contributed by atoms with Gasteiger partial charge in [-0.3, -0.25) is 9.59 Å². The summed E-state index contributed by atoms with van der Waals surface area (Å²) in [5, 5.41) is 5.98. The first kappa shape index (κ1) is 18.8. The molecule has 2 aromatic carbocycles. The van der Waals surface area contributed by atoms with Crippen LogP contribution in [0.2, 0.25) is 5.02 Å². The molecule has 1 aliphatic rings. The fourth-order valence-corrected chi connectivity index (χ4v) is 2.79. The van der Waals surface area contributed by atoms with E-state index in [1.165, 1.54) is 48.0 Å². The molecule has 140 valence electrons. The van der Waals surface area contributed by atoms with Crippen molar-refractivity contribution in [2.24, 2.45) is 5.10 Å². The number of hydrazone groups is 1. The Balaban J connectivity index is 1.84. The normalized spacial score (nSPS) is 15.9. The standard InChI is InChI=1S/C19H17ClFN3O3/c1-12(25)23(17-9-7-16(21)8-10-17)11-18-24(13(2)26)22-19(27-18)14-3-5-15(20)6-4-14/h3-10,18H,11H2,1-2H3/t18-/m0/s1. The largest absolute Gasteiger partial charge is 0.448 e. The van der Waals surface area contributed by atoms with Crippen LogP contribution in [0.1, 0.15) is 19.4 Å². The predicted octanol–water partition coefficient (Wildman–Crippen LogP) is 3.40. The molecule has 8 heteroatoms. The highest BCUT2D eigenvalue weighted by Crippen LogP contribution is 2.23. The number of rotatable bonds is 4. The van der Waals surface area contributed by atoms with Gasteiger partial charge in [0.15, 0.2) is 0 Å². The van der Waals surface area contributed by atoms with Crippen LogP contribution in [-0.4, -0.2) is 35.5 Å². The Hall–Kier alpha value is -2.93. The van der Waals surface area contributed by atoms with Crippen molar-refractivity contribution < 1.29 is 18.7 Å². The monoisotopic (exact) mass is 389 g/mol. The minimum Gasteiger partial charge on any atom is -0.448 e. The van der Waals surface area contributed by atoms with Gasteiger partial charge in [0.25, 0.3) is 0 Å². The number of nitrogens with zero attached hydrogens (tertiary/aromatic N) is 3. The molecule has 0 spiro atoms. The summed E-state index contributed by atoms with van der Waals surface area (Å²) in [4.78, 5) is 25.5. The lowest BCUT2D eigenvalue weighted by Crippen LogP contribution is -2.44. The third-order valence-corrected chi connectivity index (χ3v) is 4.24. The fraction of sp³-hybridized carbons (Fsp3) is 0.211. The Morgan fingerprint density at radius 3 is 2.33 bits per heavy atom. The third kappa shape index (κ3) is 4.25. The molecule has 0 N–H and O–H groups in total. The van der Waals surface area contributed by atoms with Gasteiger partial charge >= 0.3 is 0 Å². The smallest absolute Gasteiger partial charge is 0.243 e. The molecule has 0 unspecified atom stereocenters. The van der Waals surface area contributed by atoms with Crippen LogP contribution in [0, 0.1) is 5.82 Å². The van der Waals surface area contributed by atoms with E-state index >= 15 is 0 Å². The summed E-state index contributed by atoms with van der Waals surface area (Å²) in [5.41, 5.74) is 1.15. The van der Waals surface area contributed by atoms with Gasteiger partial charge in [-0.25, -0.2) is 4.39 Å². The first-order chi connectivity index (χ1) is 12.8. The lowest BCUT2D eigenvalue weighted by atomic mass is 10.2. The summed E-state index contributed by atoms with van der Waals surface area (Å²) in [5.74, 6) is -0.743. The topological polar surface area (TPSA) is 62.2 Å². The van der Waals surface area contributed by atoms with Crippen molar-refractivity contribution >= 4 is 35.0 Å². The second kappa shape index (κ2) is 7.75. The number of ether oxygens (including phenoxy) is 1. The molecule has 0 fully saturated rings. The highest BCUT2D eigenvalue weighted by atomic mass is 35.5. The molecule has 6 nitrogen and oxygen atoms in total. The Morgan fingerprint density at radius 2 is 1.78 bits per heavy atom. The van der Waals surface area contributed by atoms with Crippen LogP contribution in [0.3, 0.4) is 0 Å². The van der Waals surface area contributed by atoms with E-state index in [1.54, 1.807) is 24.3 Å². The van der Waals surface area contributed by atoms with Gasteiger partial charge in [-0.2, -0.15) is 5.01 Å². The van der Waals surface area contributed by atoms with Gasteiger partial charge in [0.2, 0.25) is 23.9 Å². The zero-order valence-corrected chi connectivity index (χ0v) is 15.5. The van der Waals surface area contributed by atoms with E-state index in [9.17, 15) is 14.0 Å². The number of carbonyl (C=O) groups excluding carboxylic acids is 2. The summed E-state index contributed by atoms with van der Waals surface area (Å²) in [6.45, 7) is 2.79. The molecule has 0 aromatic heterocycles. The highest BCUT2D eigenvalue weighted by molar-refractivity contribution is 6.30. The maximum absolute atomic E-state index is 13.2. The molecule has 0 saturated heterocycles. The Kier molecular flexibility index (Phi) is 5.41. The number of anilines is 1. The number of benzene rings is 2. The fourth-order valence-electron chi connectivity index (χ4n) is 2.66. The van der Waals surface area contributed by atoms with Crippen LogP contribution < -0.4 is 4.90 Å². The van der Waals surface area contributed by atoms with Gasteiger partial charge in [0.05, 0.1) is 6.54 Å². The quantitative estimate of drug-likeness (QED) is 0.805. The van der Waals surface area contributed by atoms with E-state index < -0.39 is 12.0 Å². The molecule has 2 amide bonds. The van der Waals surface area contributed by atoms with Crippen LogP contribution in [0.25, 0.3) is 0 Å². The molecular formula is C19H17ClFN3O3. The maximum Gasteiger partial charge on any atom is 0.243 e. The molecule has 0 radical (unpaired) electrons. The van der Waals surface area contributed by atoms with Gasteiger partial charge in [-0.05, 0) is 48.5 Å². The molecule has 0 aliphatic carbocycles. The third-order valence-electron chi connectivity index (χ3n) is 3.99. The molecule has 0 bridgehead atoms. The second-order valence-electron chi connectivity index (χ2n) is 5.95. The summed E-state index contributed by atoms with van der Waals surface area (Å²) >= 11 is 5.89. The SMILES string of the molecule is CC(=O)N(C[C@@H]1OC(c2ccc(Cl)cc2)=NN1C(C)=O)c1ccc(F)cc1. The van der Waals surface area contributed by atoms with E-state index in [2.05, 4.69) is 5.10 Å². The van der Waals surface area contributed by atoms with Crippen LogP contribution in [0.4, 0.5) is 10.1 Å². The minimum absolute atomic E-state index is 0.0428. The van der Waals surface area contributed by atoms with Crippen molar-refractivity contribution in [3.8, 4) is 0 Å². The molecule has 27 heavy (non-hydrogen) atoms. The average molecular weight is 390 g/mol. The molecule has 1 atom stereocenters. The van der Waals surface area contributed by atoms with Crippen molar-refractivity contribution in [2.45, 2.75) is 20.1 Å². The van der Waals surface area contributed by atoms with Crippen LogP contribution >= 0.6 is 11.6 Å². The van der Waals surface area contributed by atoms with Crippen molar-refractivity contribution in [1.82, 2.24) is 5.01 Å². The van der Waals surface area contributed by atoms with Crippen molar-refractivity contribution in [2.75, 3.05) is 11.4 Å². The van der Waals surface area contributed by atoms with Crippen molar-refractivity contribution in [3.05, 3.63) is 64.9 Å². The number of hydrogen-bond acceptors (Lipinski definition) is 4. The molecule has 1 aliphatic heterocycles. The lowest BCUT2D eigenvalue weighted by molar-refractivity contribution is -0.135. The Labute approximate surface area is 160 Å². The number of carbonyl (C=O) groups is 2. The van der Waals surface area contributed by atoms with Gasteiger partial charge in [0, 0.05) is 30.1 Å². The van der Waals surface area contributed by atoms with E-state index in [0.29, 0.717) is 16.3 Å². The van der Waals surface area contributed by atoms with Crippen LogP contribution in [0.5, 0.6) is 0 Å². The first-order valence-corrected chi connectivity index (χ1v) is 8.57. The zero-order chi connectivity index (χ0) is 19.6. The highest BCUT2D eigenvalue weighted by Gasteiger charge is 2.34. The Bertz CT molecular complexity index is 884. The van der Waals surface area contributed by atoms with Crippen molar-refractivity contribution in [1.29, 1.82) is 0 Å². The molecular weight excluding hydrogens is 373 g/mol.